The highest BCUT2D eigenvalue weighted by atomic mass is 35.5. The van der Waals surface area contributed by atoms with E-state index in [0.717, 1.165) is 12.8 Å². The van der Waals surface area contributed by atoms with Crippen LogP contribution in [0.1, 0.15) is 11.1 Å². The third-order valence-electron chi connectivity index (χ3n) is 2.62. The Hall–Kier alpha value is -1.06. The highest BCUT2D eigenvalue weighted by Crippen LogP contribution is 2.21. The third-order valence-corrected chi connectivity index (χ3v) is 2.62. The molecular formula is C11H15ClN2O. The van der Waals surface area contributed by atoms with E-state index in [1.165, 1.54) is 11.1 Å². The number of halogens is 1. The summed E-state index contributed by atoms with van der Waals surface area (Å²) in [4.78, 5) is 10.6. The molecule has 0 radical (unpaired) electrons. The van der Waals surface area contributed by atoms with Gasteiger partial charge in [0.05, 0.1) is 6.54 Å². The first kappa shape index (κ1) is 12.0. The average Bonchev–Trinajstić information content (AvgIpc) is 2.57. The average molecular weight is 227 g/mol. The number of hydrogen-bond donors (Lipinski definition) is 2. The molecule has 0 aliphatic heterocycles. The number of carbonyl (C=O) groups excluding carboxylic acids is 1. The Labute approximate surface area is 95.5 Å². The lowest BCUT2D eigenvalue weighted by molar-refractivity contribution is -0.117. The first-order valence-corrected chi connectivity index (χ1v) is 4.84. The zero-order chi connectivity index (χ0) is 9.97. The summed E-state index contributed by atoms with van der Waals surface area (Å²) in [6.45, 7) is 0.276. The van der Waals surface area contributed by atoms with Crippen LogP contribution in [0.4, 0.5) is 0 Å². The van der Waals surface area contributed by atoms with Crippen molar-refractivity contribution in [1.82, 2.24) is 5.32 Å². The van der Waals surface area contributed by atoms with E-state index < -0.39 is 0 Å². The molecule has 82 valence electrons. The van der Waals surface area contributed by atoms with E-state index in [0.29, 0.717) is 6.04 Å². The van der Waals surface area contributed by atoms with Crippen molar-refractivity contribution in [2.24, 2.45) is 5.73 Å². The van der Waals surface area contributed by atoms with Crippen LogP contribution in [0.3, 0.4) is 0 Å². The van der Waals surface area contributed by atoms with Crippen molar-refractivity contribution in [2.75, 3.05) is 6.54 Å². The molecule has 0 spiro atoms. The van der Waals surface area contributed by atoms with Gasteiger partial charge in [0.25, 0.3) is 0 Å². The van der Waals surface area contributed by atoms with Gasteiger partial charge in [-0.05, 0) is 24.0 Å². The van der Waals surface area contributed by atoms with Crippen molar-refractivity contribution in [3.63, 3.8) is 0 Å². The predicted octanol–water partition coefficient (Wildman–Crippen LogP) is 0.650. The van der Waals surface area contributed by atoms with Gasteiger partial charge in [0.2, 0.25) is 5.91 Å². The number of rotatable bonds is 3. The van der Waals surface area contributed by atoms with Crippen LogP contribution < -0.4 is 11.1 Å². The summed E-state index contributed by atoms with van der Waals surface area (Å²) in [5.41, 5.74) is 7.84. The second kappa shape index (κ2) is 5.14. The SMILES string of the molecule is Cl.NC(=O)CNC1Cc2ccccc2C1. The molecule has 0 bridgehead atoms. The van der Waals surface area contributed by atoms with Crippen LogP contribution in [-0.4, -0.2) is 18.5 Å². The molecule has 3 nitrogen and oxygen atoms in total. The summed E-state index contributed by atoms with van der Waals surface area (Å²) in [6, 6.07) is 8.76. The van der Waals surface area contributed by atoms with Crippen molar-refractivity contribution < 1.29 is 4.79 Å². The van der Waals surface area contributed by atoms with Crippen molar-refractivity contribution in [3.8, 4) is 0 Å². The fourth-order valence-electron chi connectivity index (χ4n) is 1.95. The molecule has 0 aromatic heterocycles. The van der Waals surface area contributed by atoms with Crippen LogP contribution in [0.2, 0.25) is 0 Å². The Kier molecular flexibility index (Phi) is 4.12. The molecule has 1 aromatic carbocycles. The van der Waals surface area contributed by atoms with Crippen molar-refractivity contribution in [3.05, 3.63) is 35.4 Å². The van der Waals surface area contributed by atoms with E-state index in [2.05, 4.69) is 29.6 Å². The van der Waals surface area contributed by atoms with Crippen molar-refractivity contribution in [2.45, 2.75) is 18.9 Å². The van der Waals surface area contributed by atoms with E-state index in [4.69, 9.17) is 5.73 Å². The van der Waals surface area contributed by atoms with Gasteiger partial charge in [0.1, 0.15) is 0 Å². The monoisotopic (exact) mass is 226 g/mol. The number of amides is 1. The summed E-state index contributed by atoms with van der Waals surface area (Å²) < 4.78 is 0. The number of nitrogens with one attached hydrogen (secondary N) is 1. The normalized spacial score (nSPS) is 14.4. The number of carbonyl (C=O) groups is 1. The van der Waals surface area contributed by atoms with Crippen molar-refractivity contribution in [1.29, 1.82) is 0 Å². The van der Waals surface area contributed by atoms with E-state index >= 15 is 0 Å². The van der Waals surface area contributed by atoms with Gasteiger partial charge < -0.3 is 11.1 Å². The molecule has 1 aliphatic rings. The van der Waals surface area contributed by atoms with Crippen LogP contribution in [-0.2, 0) is 17.6 Å². The fourth-order valence-corrected chi connectivity index (χ4v) is 1.95. The number of hydrogen-bond acceptors (Lipinski definition) is 2. The van der Waals surface area contributed by atoms with E-state index in [-0.39, 0.29) is 24.9 Å². The number of benzene rings is 1. The fraction of sp³-hybridized carbons (Fsp3) is 0.364. The van der Waals surface area contributed by atoms with E-state index in [1.807, 2.05) is 0 Å². The molecule has 4 heteroatoms. The largest absolute Gasteiger partial charge is 0.369 e. The summed E-state index contributed by atoms with van der Waals surface area (Å²) in [5.74, 6) is -0.291. The van der Waals surface area contributed by atoms with Gasteiger partial charge in [0.15, 0.2) is 0 Å². The van der Waals surface area contributed by atoms with Gasteiger partial charge in [-0.3, -0.25) is 4.79 Å². The summed E-state index contributed by atoms with van der Waals surface area (Å²) in [5, 5.41) is 3.15. The van der Waals surface area contributed by atoms with Gasteiger partial charge in [-0.25, -0.2) is 0 Å². The molecule has 0 atom stereocenters. The smallest absolute Gasteiger partial charge is 0.231 e. The quantitative estimate of drug-likeness (QED) is 0.795. The topological polar surface area (TPSA) is 55.1 Å². The lowest BCUT2D eigenvalue weighted by atomic mass is 10.1. The third kappa shape index (κ3) is 2.94. The zero-order valence-electron chi connectivity index (χ0n) is 8.40. The minimum Gasteiger partial charge on any atom is -0.369 e. The molecule has 1 aliphatic carbocycles. The lowest BCUT2D eigenvalue weighted by Crippen LogP contribution is -2.36. The lowest BCUT2D eigenvalue weighted by Gasteiger charge is -2.09. The molecule has 0 unspecified atom stereocenters. The zero-order valence-corrected chi connectivity index (χ0v) is 9.22. The molecule has 3 N–H and O–H groups in total. The van der Waals surface area contributed by atoms with E-state index in [9.17, 15) is 4.79 Å². The predicted molar refractivity (Wildman–Crippen MR) is 62.1 cm³/mol. The van der Waals surface area contributed by atoms with Crippen molar-refractivity contribution >= 4 is 18.3 Å². The Balaban J connectivity index is 0.00000112. The highest BCUT2D eigenvalue weighted by molar-refractivity contribution is 5.85. The molecular weight excluding hydrogens is 212 g/mol. The Bertz CT molecular complexity index is 329. The van der Waals surface area contributed by atoms with Gasteiger partial charge in [-0.1, -0.05) is 24.3 Å². The van der Waals surface area contributed by atoms with E-state index in [1.54, 1.807) is 0 Å². The Morgan fingerprint density at radius 1 is 1.33 bits per heavy atom. The van der Waals surface area contributed by atoms with Gasteiger partial charge in [-0.2, -0.15) is 0 Å². The number of fused-ring (bicyclic) bond motifs is 1. The molecule has 2 rings (SSSR count). The first-order chi connectivity index (χ1) is 6.75. The Morgan fingerprint density at radius 2 is 1.87 bits per heavy atom. The summed E-state index contributed by atoms with van der Waals surface area (Å²) in [7, 11) is 0. The summed E-state index contributed by atoms with van der Waals surface area (Å²) in [6.07, 6.45) is 2.01. The van der Waals surface area contributed by atoms with Crippen LogP contribution >= 0.6 is 12.4 Å². The van der Waals surface area contributed by atoms with Crippen LogP contribution in [0.5, 0.6) is 0 Å². The maximum absolute atomic E-state index is 10.6. The minimum atomic E-state index is -0.291. The molecule has 0 saturated carbocycles. The van der Waals surface area contributed by atoms with Gasteiger partial charge >= 0.3 is 0 Å². The van der Waals surface area contributed by atoms with Gasteiger partial charge in [0, 0.05) is 6.04 Å². The standard InChI is InChI=1S/C11H14N2O.ClH/c12-11(14)7-13-10-5-8-3-1-2-4-9(8)6-10;/h1-4,10,13H,5-7H2,(H2,12,14);1H. The first-order valence-electron chi connectivity index (χ1n) is 4.84. The maximum Gasteiger partial charge on any atom is 0.231 e. The molecule has 0 saturated heterocycles. The maximum atomic E-state index is 10.6. The molecule has 0 heterocycles. The molecule has 0 fully saturated rings. The molecule has 1 amide bonds. The second-order valence-electron chi connectivity index (χ2n) is 3.72. The summed E-state index contributed by atoms with van der Waals surface area (Å²) >= 11 is 0. The van der Waals surface area contributed by atoms with Crippen LogP contribution in [0, 0.1) is 0 Å². The minimum absolute atomic E-state index is 0. The Morgan fingerprint density at radius 3 is 2.33 bits per heavy atom. The van der Waals surface area contributed by atoms with Gasteiger partial charge in [-0.15, -0.1) is 12.4 Å². The van der Waals surface area contributed by atoms with Crippen LogP contribution in [0.15, 0.2) is 24.3 Å². The molecule has 1 aromatic rings. The number of primary amides is 1. The number of nitrogens with two attached hydrogens (primary N) is 1. The molecule has 15 heavy (non-hydrogen) atoms. The van der Waals surface area contributed by atoms with Crippen LogP contribution in [0.25, 0.3) is 0 Å². The second-order valence-corrected chi connectivity index (χ2v) is 3.72. The highest BCUT2D eigenvalue weighted by Gasteiger charge is 2.20.